The van der Waals surface area contributed by atoms with Gasteiger partial charge < -0.3 is 15.2 Å². The first kappa shape index (κ1) is 19.8. The van der Waals surface area contributed by atoms with Crippen molar-refractivity contribution in [2.45, 2.75) is 45.1 Å². The van der Waals surface area contributed by atoms with Crippen LogP contribution in [0.4, 0.5) is 11.5 Å². The fraction of sp³-hybridized carbons (Fsp3) is 0.292. The van der Waals surface area contributed by atoms with Crippen LogP contribution in [0.1, 0.15) is 47.3 Å². The molecular formula is C24H23N3O3S. The SMILES string of the molecule is Cc1c(C(=O)OC2CCCCC2)sc2ncnc(Nc3cccc4c(O)cccc34)c12. The molecule has 4 aromatic rings. The van der Waals surface area contributed by atoms with E-state index in [1.54, 1.807) is 6.07 Å². The Kier molecular flexibility index (Phi) is 5.19. The second-order valence-corrected chi connectivity index (χ2v) is 8.93. The van der Waals surface area contributed by atoms with Crippen LogP contribution in [0.3, 0.4) is 0 Å². The smallest absolute Gasteiger partial charge is 0.348 e. The second kappa shape index (κ2) is 8.15. The number of nitrogens with zero attached hydrogens (tertiary/aromatic N) is 2. The zero-order chi connectivity index (χ0) is 21.4. The second-order valence-electron chi connectivity index (χ2n) is 7.93. The van der Waals surface area contributed by atoms with Gasteiger partial charge in [-0.1, -0.05) is 30.7 Å². The largest absolute Gasteiger partial charge is 0.507 e. The zero-order valence-electron chi connectivity index (χ0n) is 17.2. The predicted molar refractivity (Wildman–Crippen MR) is 123 cm³/mol. The lowest BCUT2D eigenvalue weighted by Gasteiger charge is -2.21. The van der Waals surface area contributed by atoms with Crippen molar-refractivity contribution < 1.29 is 14.6 Å². The van der Waals surface area contributed by atoms with Crippen molar-refractivity contribution >= 4 is 49.8 Å². The van der Waals surface area contributed by atoms with Crippen molar-refractivity contribution in [3.63, 3.8) is 0 Å². The molecule has 1 fully saturated rings. The fourth-order valence-electron chi connectivity index (χ4n) is 4.28. The van der Waals surface area contributed by atoms with Gasteiger partial charge in [0.2, 0.25) is 0 Å². The van der Waals surface area contributed by atoms with E-state index < -0.39 is 0 Å². The number of aryl methyl sites for hydroxylation is 1. The summed E-state index contributed by atoms with van der Waals surface area (Å²) in [5, 5.41) is 16.0. The highest BCUT2D eigenvalue weighted by atomic mass is 32.1. The van der Waals surface area contributed by atoms with Crippen LogP contribution < -0.4 is 5.32 Å². The van der Waals surface area contributed by atoms with E-state index in [1.165, 1.54) is 24.1 Å². The molecule has 1 aliphatic rings. The van der Waals surface area contributed by atoms with Crippen LogP contribution >= 0.6 is 11.3 Å². The Hall–Kier alpha value is -3.19. The van der Waals surface area contributed by atoms with Crippen LogP contribution in [0.15, 0.2) is 42.7 Å². The van der Waals surface area contributed by atoms with E-state index in [1.807, 2.05) is 37.3 Å². The molecule has 31 heavy (non-hydrogen) atoms. The number of hydrogen-bond acceptors (Lipinski definition) is 7. The zero-order valence-corrected chi connectivity index (χ0v) is 18.0. The molecule has 0 unspecified atom stereocenters. The number of carbonyl (C=O) groups is 1. The minimum atomic E-state index is -0.270. The maximum atomic E-state index is 12.9. The molecule has 2 aromatic carbocycles. The summed E-state index contributed by atoms with van der Waals surface area (Å²) in [4.78, 5) is 23.0. The number of thiophene rings is 1. The van der Waals surface area contributed by atoms with Gasteiger partial charge in [-0.2, -0.15) is 0 Å². The summed E-state index contributed by atoms with van der Waals surface area (Å²) >= 11 is 1.35. The molecule has 1 aliphatic carbocycles. The Morgan fingerprint density at radius 1 is 1.10 bits per heavy atom. The maximum absolute atomic E-state index is 12.9. The molecule has 0 aliphatic heterocycles. The lowest BCUT2D eigenvalue weighted by atomic mass is 9.98. The van der Waals surface area contributed by atoms with Crippen LogP contribution in [0, 0.1) is 6.92 Å². The molecule has 158 valence electrons. The van der Waals surface area contributed by atoms with Crippen molar-refractivity contribution in [3.05, 3.63) is 53.2 Å². The summed E-state index contributed by atoms with van der Waals surface area (Å²) in [6.45, 7) is 1.92. The number of nitrogens with one attached hydrogen (secondary N) is 1. The van der Waals surface area contributed by atoms with Crippen LogP contribution in [0.25, 0.3) is 21.0 Å². The van der Waals surface area contributed by atoms with Crippen molar-refractivity contribution in [2.75, 3.05) is 5.32 Å². The minimum absolute atomic E-state index is 0.0119. The van der Waals surface area contributed by atoms with Gasteiger partial charge in [-0.25, -0.2) is 14.8 Å². The Morgan fingerprint density at radius 2 is 1.87 bits per heavy atom. The van der Waals surface area contributed by atoms with Gasteiger partial charge in [0.25, 0.3) is 0 Å². The van der Waals surface area contributed by atoms with Crippen molar-refractivity contribution in [2.24, 2.45) is 0 Å². The molecule has 5 rings (SSSR count). The van der Waals surface area contributed by atoms with Gasteiger partial charge in [0.15, 0.2) is 0 Å². The van der Waals surface area contributed by atoms with E-state index in [2.05, 4.69) is 15.3 Å². The van der Waals surface area contributed by atoms with E-state index in [0.29, 0.717) is 10.7 Å². The van der Waals surface area contributed by atoms with Crippen molar-refractivity contribution in [3.8, 4) is 5.75 Å². The topological polar surface area (TPSA) is 84.3 Å². The highest BCUT2D eigenvalue weighted by Gasteiger charge is 2.24. The van der Waals surface area contributed by atoms with Crippen molar-refractivity contribution in [1.82, 2.24) is 9.97 Å². The molecule has 0 radical (unpaired) electrons. The molecule has 2 N–H and O–H groups in total. The molecule has 2 heterocycles. The molecule has 7 heteroatoms. The van der Waals surface area contributed by atoms with Gasteiger partial charge in [-0.05, 0) is 50.3 Å². The number of phenols is 1. The standard InChI is InChI=1S/C24H23N3O3S/c1-14-20-22(27-18-11-5-10-17-16(18)9-6-12-19(17)28)25-13-26-23(20)31-21(14)24(29)30-15-7-3-2-4-8-15/h5-6,9-13,15,28H,2-4,7-8H2,1H3,(H,25,26,27). The van der Waals surface area contributed by atoms with E-state index in [4.69, 9.17) is 4.74 Å². The quantitative estimate of drug-likeness (QED) is 0.379. The Morgan fingerprint density at radius 3 is 2.71 bits per heavy atom. The summed E-state index contributed by atoms with van der Waals surface area (Å²) in [5.41, 5.74) is 1.65. The monoisotopic (exact) mass is 433 g/mol. The molecular weight excluding hydrogens is 410 g/mol. The highest BCUT2D eigenvalue weighted by Crippen LogP contribution is 2.37. The number of benzene rings is 2. The third-order valence-corrected chi connectivity index (χ3v) is 7.07. The molecule has 0 bridgehead atoms. The minimum Gasteiger partial charge on any atom is -0.507 e. The van der Waals surface area contributed by atoms with Gasteiger partial charge in [0.05, 0.1) is 5.39 Å². The number of phenolic OH excluding ortho intramolecular Hbond substituents is 1. The Labute approximate surface area is 183 Å². The molecule has 1 saturated carbocycles. The number of carbonyl (C=O) groups excluding carboxylic acids is 1. The van der Waals surface area contributed by atoms with Gasteiger partial charge in [0.1, 0.15) is 33.7 Å². The van der Waals surface area contributed by atoms with E-state index >= 15 is 0 Å². The number of ether oxygens (including phenoxy) is 1. The average molecular weight is 434 g/mol. The Balaban J connectivity index is 1.51. The van der Waals surface area contributed by atoms with Gasteiger partial charge >= 0.3 is 5.97 Å². The van der Waals surface area contributed by atoms with Crippen LogP contribution in [0.2, 0.25) is 0 Å². The molecule has 0 saturated heterocycles. The van der Waals surface area contributed by atoms with Crippen LogP contribution in [-0.2, 0) is 4.74 Å². The number of rotatable bonds is 4. The third-order valence-electron chi connectivity index (χ3n) is 5.89. The number of esters is 1. The van der Waals surface area contributed by atoms with E-state index in [9.17, 15) is 9.90 Å². The first-order chi connectivity index (χ1) is 15.1. The molecule has 0 amide bonds. The maximum Gasteiger partial charge on any atom is 0.348 e. The number of aromatic nitrogens is 2. The lowest BCUT2D eigenvalue weighted by molar-refractivity contribution is 0.0216. The first-order valence-electron chi connectivity index (χ1n) is 10.5. The number of fused-ring (bicyclic) bond motifs is 2. The number of hydrogen-bond donors (Lipinski definition) is 2. The van der Waals surface area contributed by atoms with Gasteiger partial charge in [0, 0.05) is 16.5 Å². The third kappa shape index (κ3) is 3.70. The van der Waals surface area contributed by atoms with Crippen molar-refractivity contribution in [1.29, 1.82) is 0 Å². The predicted octanol–water partition coefficient (Wildman–Crippen LogP) is 6.09. The lowest BCUT2D eigenvalue weighted by Crippen LogP contribution is -2.20. The number of aromatic hydroxyl groups is 1. The normalized spacial score (nSPS) is 14.7. The van der Waals surface area contributed by atoms with Gasteiger partial charge in [-0.15, -0.1) is 11.3 Å². The Bertz CT molecular complexity index is 1280. The summed E-state index contributed by atoms with van der Waals surface area (Å²) in [5.74, 6) is 0.591. The van der Waals surface area contributed by atoms with E-state index in [-0.39, 0.29) is 17.8 Å². The summed E-state index contributed by atoms with van der Waals surface area (Å²) < 4.78 is 5.79. The molecule has 0 atom stereocenters. The summed E-state index contributed by atoms with van der Waals surface area (Å²) in [7, 11) is 0. The molecule has 2 aromatic heterocycles. The van der Waals surface area contributed by atoms with Crippen LogP contribution in [0.5, 0.6) is 5.75 Å². The molecule has 0 spiro atoms. The summed E-state index contributed by atoms with van der Waals surface area (Å²) in [6, 6.07) is 11.1. The highest BCUT2D eigenvalue weighted by molar-refractivity contribution is 7.20. The average Bonchev–Trinajstić information content (AvgIpc) is 3.13. The van der Waals surface area contributed by atoms with Gasteiger partial charge in [-0.3, -0.25) is 0 Å². The fourth-order valence-corrected chi connectivity index (χ4v) is 5.31. The first-order valence-corrected chi connectivity index (χ1v) is 11.4. The summed E-state index contributed by atoms with van der Waals surface area (Å²) in [6.07, 6.45) is 6.84. The molecule has 6 nitrogen and oxygen atoms in total. The van der Waals surface area contributed by atoms with Crippen LogP contribution in [-0.4, -0.2) is 27.1 Å². The number of anilines is 2. The van der Waals surface area contributed by atoms with E-state index in [0.717, 1.165) is 57.9 Å².